The zero-order valence-electron chi connectivity index (χ0n) is 11.2. The predicted octanol–water partition coefficient (Wildman–Crippen LogP) is 3.07. The van der Waals surface area contributed by atoms with Crippen molar-refractivity contribution in [3.63, 3.8) is 0 Å². The molecule has 0 bridgehead atoms. The van der Waals surface area contributed by atoms with Crippen molar-refractivity contribution in [1.82, 2.24) is 0 Å². The molecule has 98 valence electrons. The molecule has 3 nitrogen and oxygen atoms in total. The van der Waals surface area contributed by atoms with Crippen molar-refractivity contribution in [2.75, 3.05) is 7.11 Å². The van der Waals surface area contributed by atoms with Gasteiger partial charge in [0, 0.05) is 7.11 Å². The maximum Gasteiger partial charge on any atom is 0.314 e. The lowest BCUT2D eigenvalue weighted by molar-refractivity contribution is -0.147. The Morgan fingerprint density at radius 3 is 2.17 bits per heavy atom. The number of aliphatic carboxylic acids is 1. The Morgan fingerprint density at radius 1 is 1.28 bits per heavy atom. The highest BCUT2D eigenvalue weighted by molar-refractivity contribution is 5.82. The first-order chi connectivity index (χ1) is 8.42. The standard InChI is InChI=1S/C15H20O3/c1-14(2,18-3)11-5-7-12(8-6-11)15(13(16)17)9-4-10-15/h5-8H,4,9-10H2,1-3H3,(H,16,17). The van der Waals surface area contributed by atoms with Crippen LogP contribution in [0.1, 0.15) is 44.2 Å². The molecule has 1 aromatic carbocycles. The quantitative estimate of drug-likeness (QED) is 0.890. The highest BCUT2D eigenvalue weighted by Crippen LogP contribution is 2.44. The molecule has 0 heterocycles. The van der Waals surface area contributed by atoms with E-state index in [1.54, 1.807) is 7.11 Å². The summed E-state index contributed by atoms with van der Waals surface area (Å²) in [5.41, 5.74) is 0.995. The smallest absolute Gasteiger partial charge is 0.314 e. The van der Waals surface area contributed by atoms with E-state index in [1.807, 2.05) is 38.1 Å². The number of benzene rings is 1. The molecule has 0 aromatic heterocycles. The first-order valence-electron chi connectivity index (χ1n) is 6.32. The monoisotopic (exact) mass is 248 g/mol. The molecule has 1 N–H and O–H groups in total. The van der Waals surface area contributed by atoms with Crippen LogP contribution in [0.5, 0.6) is 0 Å². The molecule has 1 aromatic rings. The molecule has 18 heavy (non-hydrogen) atoms. The Labute approximate surface area is 108 Å². The Hall–Kier alpha value is -1.35. The molecular formula is C15H20O3. The lowest BCUT2D eigenvalue weighted by atomic mass is 9.64. The van der Waals surface area contributed by atoms with Crippen molar-refractivity contribution < 1.29 is 14.6 Å². The molecule has 0 aliphatic heterocycles. The van der Waals surface area contributed by atoms with Crippen LogP contribution in [-0.4, -0.2) is 18.2 Å². The molecule has 2 rings (SSSR count). The summed E-state index contributed by atoms with van der Waals surface area (Å²) in [7, 11) is 1.68. The Bertz CT molecular complexity index is 441. The summed E-state index contributed by atoms with van der Waals surface area (Å²) in [6.45, 7) is 4.00. The highest BCUT2D eigenvalue weighted by atomic mass is 16.5. The molecule has 0 radical (unpaired) electrons. The van der Waals surface area contributed by atoms with Crippen molar-refractivity contribution in [1.29, 1.82) is 0 Å². The fourth-order valence-electron chi connectivity index (χ4n) is 2.46. The van der Waals surface area contributed by atoms with Gasteiger partial charge in [0.05, 0.1) is 11.0 Å². The van der Waals surface area contributed by atoms with Crippen molar-refractivity contribution in [3.8, 4) is 0 Å². The number of hydrogen-bond acceptors (Lipinski definition) is 2. The van der Waals surface area contributed by atoms with Crippen LogP contribution in [0.2, 0.25) is 0 Å². The summed E-state index contributed by atoms with van der Waals surface area (Å²) < 4.78 is 5.42. The second-order valence-electron chi connectivity index (χ2n) is 5.53. The largest absolute Gasteiger partial charge is 0.481 e. The van der Waals surface area contributed by atoms with E-state index in [-0.39, 0.29) is 5.60 Å². The Morgan fingerprint density at radius 2 is 1.83 bits per heavy atom. The van der Waals surface area contributed by atoms with Gasteiger partial charge in [0.15, 0.2) is 0 Å². The summed E-state index contributed by atoms with van der Waals surface area (Å²) >= 11 is 0. The van der Waals surface area contributed by atoms with Crippen molar-refractivity contribution in [2.45, 2.75) is 44.1 Å². The van der Waals surface area contributed by atoms with E-state index in [1.165, 1.54) is 0 Å². The number of methoxy groups -OCH3 is 1. The fraction of sp³-hybridized carbons (Fsp3) is 0.533. The molecule has 0 saturated heterocycles. The zero-order chi connectivity index (χ0) is 13.4. The molecule has 1 saturated carbocycles. The number of hydrogen-bond donors (Lipinski definition) is 1. The number of carboxylic acids is 1. The topological polar surface area (TPSA) is 46.5 Å². The molecule has 0 atom stereocenters. The summed E-state index contributed by atoms with van der Waals surface area (Å²) in [6, 6.07) is 7.82. The van der Waals surface area contributed by atoms with Crippen LogP contribution < -0.4 is 0 Å². The van der Waals surface area contributed by atoms with Gasteiger partial charge < -0.3 is 9.84 Å². The van der Waals surface area contributed by atoms with E-state index in [2.05, 4.69) is 0 Å². The third kappa shape index (κ3) is 1.93. The fourth-order valence-corrected chi connectivity index (χ4v) is 2.46. The van der Waals surface area contributed by atoms with Gasteiger partial charge in [-0.2, -0.15) is 0 Å². The van der Waals surface area contributed by atoms with E-state index >= 15 is 0 Å². The maximum absolute atomic E-state index is 11.4. The summed E-state index contributed by atoms with van der Waals surface area (Å²) in [5.74, 6) is -0.701. The first kappa shape index (κ1) is 13.1. The van der Waals surface area contributed by atoms with E-state index in [4.69, 9.17) is 4.74 Å². The van der Waals surface area contributed by atoms with Crippen LogP contribution in [0.3, 0.4) is 0 Å². The van der Waals surface area contributed by atoms with Crippen LogP contribution in [-0.2, 0) is 20.5 Å². The zero-order valence-corrected chi connectivity index (χ0v) is 11.2. The second kappa shape index (κ2) is 4.39. The van der Waals surface area contributed by atoms with Gasteiger partial charge in [0.1, 0.15) is 0 Å². The number of rotatable bonds is 4. The predicted molar refractivity (Wildman–Crippen MR) is 69.6 cm³/mol. The van der Waals surface area contributed by atoms with Crippen LogP contribution >= 0.6 is 0 Å². The molecule has 0 unspecified atom stereocenters. The van der Waals surface area contributed by atoms with Gasteiger partial charge in [-0.15, -0.1) is 0 Å². The summed E-state index contributed by atoms with van der Waals surface area (Å²) in [5, 5.41) is 9.39. The minimum atomic E-state index is -0.701. The SMILES string of the molecule is COC(C)(C)c1ccc(C2(C(=O)O)CCC2)cc1. The van der Waals surface area contributed by atoms with E-state index in [9.17, 15) is 9.90 Å². The van der Waals surface area contributed by atoms with E-state index < -0.39 is 11.4 Å². The average Bonchev–Trinajstić information content (AvgIpc) is 2.28. The van der Waals surface area contributed by atoms with Gasteiger partial charge >= 0.3 is 5.97 Å². The van der Waals surface area contributed by atoms with E-state index in [0.717, 1.165) is 30.4 Å². The lowest BCUT2D eigenvalue weighted by Crippen LogP contribution is -2.42. The maximum atomic E-state index is 11.4. The average molecular weight is 248 g/mol. The van der Waals surface area contributed by atoms with Gasteiger partial charge in [-0.1, -0.05) is 30.7 Å². The van der Waals surface area contributed by atoms with Crippen LogP contribution in [0, 0.1) is 0 Å². The molecular weight excluding hydrogens is 228 g/mol. The van der Waals surface area contributed by atoms with Gasteiger partial charge in [-0.3, -0.25) is 4.79 Å². The Balaban J connectivity index is 2.31. The molecule has 0 spiro atoms. The van der Waals surface area contributed by atoms with Gasteiger partial charge in [-0.25, -0.2) is 0 Å². The minimum Gasteiger partial charge on any atom is -0.481 e. The van der Waals surface area contributed by atoms with Crippen molar-refractivity contribution in [3.05, 3.63) is 35.4 Å². The number of carbonyl (C=O) groups is 1. The van der Waals surface area contributed by atoms with E-state index in [0.29, 0.717) is 0 Å². The normalized spacial score (nSPS) is 18.2. The summed E-state index contributed by atoms with van der Waals surface area (Å²) in [6.07, 6.45) is 2.49. The lowest BCUT2D eigenvalue weighted by Gasteiger charge is -2.38. The van der Waals surface area contributed by atoms with Gasteiger partial charge in [0.25, 0.3) is 0 Å². The molecule has 1 fully saturated rings. The van der Waals surface area contributed by atoms with Crippen LogP contribution in [0.15, 0.2) is 24.3 Å². The van der Waals surface area contributed by atoms with Gasteiger partial charge in [0.2, 0.25) is 0 Å². The molecule has 1 aliphatic rings. The van der Waals surface area contributed by atoms with Crippen molar-refractivity contribution in [2.24, 2.45) is 0 Å². The molecule has 0 amide bonds. The van der Waals surface area contributed by atoms with Crippen LogP contribution in [0.25, 0.3) is 0 Å². The third-order valence-corrected chi connectivity index (χ3v) is 4.26. The summed E-state index contributed by atoms with van der Waals surface area (Å²) in [4.78, 5) is 11.4. The number of carboxylic acid groups (broad SMARTS) is 1. The highest BCUT2D eigenvalue weighted by Gasteiger charge is 2.45. The minimum absolute atomic E-state index is 0.339. The van der Waals surface area contributed by atoms with Crippen LogP contribution in [0.4, 0.5) is 0 Å². The van der Waals surface area contributed by atoms with Gasteiger partial charge in [-0.05, 0) is 37.8 Å². The Kier molecular flexibility index (Phi) is 3.20. The van der Waals surface area contributed by atoms with Crippen molar-refractivity contribution >= 4 is 5.97 Å². The number of ether oxygens (including phenoxy) is 1. The first-order valence-corrected chi connectivity index (χ1v) is 6.32. The molecule has 1 aliphatic carbocycles. The molecule has 3 heteroatoms. The second-order valence-corrected chi connectivity index (χ2v) is 5.53. The third-order valence-electron chi connectivity index (χ3n) is 4.26.